The van der Waals surface area contributed by atoms with Gasteiger partial charge in [-0.15, -0.1) is 0 Å². The first-order valence-electron chi connectivity index (χ1n) is 5.18. The van der Waals surface area contributed by atoms with Crippen LogP contribution in [0, 0.1) is 6.92 Å². The molecule has 1 aromatic rings. The van der Waals surface area contributed by atoms with E-state index in [9.17, 15) is 4.79 Å². The molecule has 0 aliphatic carbocycles. The summed E-state index contributed by atoms with van der Waals surface area (Å²) < 4.78 is 5.08. The third-order valence-corrected chi connectivity index (χ3v) is 1.73. The summed E-state index contributed by atoms with van der Waals surface area (Å²) >= 11 is 0. The number of benzene rings is 1. The second kappa shape index (κ2) is 4.88. The minimum atomic E-state index is -0.492. The smallest absolute Gasteiger partial charge is 0.426 e. The van der Waals surface area contributed by atoms with E-state index in [1.54, 1.807) is 0 Å². The van der Waals surface area contributed by atoms with Crippen LogP contribution in [0.2, 0.25) is 0 Å². The Labute approximate surface area is 96.0 Å². The number of ether oxygens (including phenoxy) is 1. The van der Waals surface area contributed by atoms with Gasteiger partial charge in [0.1, 0.15) is 5.60 Å². The molecule has 16 heavy (non-hydrogen) atoms. The van der Waals surface area contributed by atoms with Gasteiger partial charge in [0.2, 0.25) is 0 Å². The highest BCUT2D eigenvalue weighted by Gasteiger charge is 2.15. The van der Waals surface area contributed by atoms with Crippen LogP contribution < -0.4 is 10.9 Å². The molecule has 0 saturated heterocycles. The van der Waals surface area contributed by atoms with Gasteiger partial charge in [-0.3, -0.25) is 5.43 Å². The number of amides is 1. The molecular formula is C12H18N2O2. The summed E-state index contributed by atoms with van der Waals surface area (Å²) in [6.45, 7) is 7.44. The summed E-state index contributed by atoms with van der Waals surface area (Å²) in [6, 6.07) is 7.69. The monoisotopic (exact) mass is 222 g/mol. The minimum Gasteiger partial charge on any atom is -0.443 e. The Morgan fingerprint density at radius 1 is 1.31 bits per heavy atom. The van der Waals surface area contributed by atoms with Crippen LogP contribution in [0.1, 0.15) is 26.3 Å². The van der Waals surface area contributed by atoms with Gasteiger partial charge in [0, 0.05) is 0 Å². The second-order valence-electron chi connectivity index (χ2n) is 4.62. The van der Waals surface area contributed by atoms with E-state index >= 15 is 0 Å². The number of nitrogens with one attached hydrogen (secondary N) is 2. The van der Waals surface area contributed by atoms with Crippen molar-refractivity contribution >= 4 is 11.8 Å². The lowest BCUT2D eigenvalue weighted by atomic mass is 10.2. The number of hydrogen-bond donors (Lipinski definition) is 2. The van der Waals surface area contributed by atoms with E-state index < -0.39 is 11.7 Å². The molecule has 1 amide bonds. The average molecular weight is 222 g/mol. The molecule has 1 aromatic carbocycles. The van der Waals surface area contributed by atoms with Crippen molar-refractivity contribution in [2.45, 2.75) is 33.3 Å². The van der Waals surface area contributed by atoms with Crippen molar-refractivity contribution in [3.8, 4) is 0 Å². The summed E-state index contributed by atoms with van der Waals surface area (Å²) in [5.41, 5.74) is 6.71. The summed E-state index contributed by atoms with van der Waals surface area (Å²) in [4.78, 5) is 11.3. The zero-order valence-corrected chi connectivity index (χ0v) is 10.1. The van der Waals surface area contributed by atoms with E-state index in [-0.39, 0.29) is 0 Å². The van der Waals surface area contributed by atoms with E-state index in [0.29, 0.717) is 0 Å². The SMILES string of the molecule is Cc1cccc(NNC(=O)OC(C)(C)C)c1. The molecule has 4 nitrogen and oxygen atoms in total. The molecule has 0 aliphatic rings. The Morgan fingerprint density at radius 2 is 2.00 bits per heavy atom. The zero-order valence-electron chi connectivity index (χ0n) is 10.1. The number of hydrazine groups is 1. The van der Waals surface area contributed by atoms with E-state index in [4.69, 9.17) is 4.74 Å². The molecule has 0 aromatic heterocycles. The van der Waals surface area contributed by atoms with Crippen LogP contribution >= 0.6 is 0 Å². The van der Waals surface area contributed by atoms with Gasteiger partial charge < -0.3 is 4.74 Å². The van der Waals surface area contributed by atoms with Crippen LogP contribution in [-0.2, 0) is 4.74 Å². The number of anilines is 1. The molecule has 0 aliphatic heterocycles. The summed E-state index contributed by atoms with van der Waals surface area (Å²) in [6.07, 6.45) is -0.492. The first kappa shape index (κ1) is 12.4. The Balaban J connectivity index is 2.43. The molecule has 0 bridgehead atoms. The van der Waals surface area contributed by atoms with Crippen molar-refractivity contribution < 1.29 is 9.53 Å². The number of carbonyl (C=O) groups is 1. The number of hydrogen-bond acceptors (Lipinski definition) is 3. The molecule has 0 atom stereocenters. The fourth-order valence-electron chi connectivity index (χ4n) is 1.15. The first-order chi connectivity index (χ1) is 7.37. The van der Waals surface area contributed by atoms with Gasteiger partial charge >= 0.3 is 6.09 Å². The fraction of sp³-hybridized carbons (Fsp3) is 0.417. The highest BCUT2D eigenvalue weighted by Crippen LogP contribution is 2.09. The quantitative estimate of drug-likeness (QED) is 0.756. The highest BCUT2D eigenvalue weighted by molar-refractivity contribution is 5.69. The van der Waals surface area contributed by atoms with Crippen LogP contribution in [0.4, 0.5) is 10.5 Å². The van der Waals surface area contributed by atoms with E-state index in [1.807, 2.05) is 52.0 Å². The van der Waals surface area contributed by atoms with E-state index in [0.717, 1.165) is 11.3 Å². The Kier molecular flexibility index (Phi) is 3.77. The third kappa shape index (κ3) is 4.68. The van der Waals surface area contributed by atoms with Crippen molar-refractivity contribution in [1.82, 2.24) is 5.43 Å². The number of rotatable bonds is 2. The predicted octanol–water partition coefficient (Wildman–Crippen LogP) is 2.85. The maximum absolute atomic E-state index is 11.3. The van der Waals surface area contributed by atoms with Crippen LogP contribution in [0.15, 0.2) is 24.3 Å². The van der Waals surface area contributed by atoms with Gasteiger partial charge in [-0.1, -0.05) is 12.1 Å². The van der Waals surface area contributed by atoms with Gasteiger partial charge in [0.05, 0.1) is 5.69 Å². The van der Waals surface area contributed by atoms with Crippen molar-refractivity contribution in [1.29, 1.82) is 0 Å². The minimum absolute atomic E-state index is 0.488. The van der Waals surface area contributed by atoms with Gasteiger partial charge in [-0.25, -0.2) is 10.2 Å². The molecule has 4 heteroatoms. The topological polar surface area (TPSA) is 50.4 Å². The lowest BCUT2D eigenvalue weighted by molar-refractivity contribution is 0.0541. The summed E-state index contributed by atoms with van der Waals surface area (Å²) in [5.74, 6) is 0. The van der Waals surface area contributed by atoms with Gasteiger partial charge in [-0.05, 0) is 45.4 Å². The van der Waals surface area contributed by atoms with Crippen molar-refractivity contribution in [3.05, 3.63) is 29.8 Å². The Morgan fingerprint density at radius 3 is 2.56 bits per heavy atom. The maximum atomic E-state index is 11.3. The Hall–Kier alpha value is -1.71. The number of aryl methyl sites for hydroxylation is 1. The maximum Gasteiger partial charge on any atom is 0.426 e. The molecule has 0 heterocycles. The molecule has 0 radical (unpaired) electrons. The second-order valence-corrected chi connectivity index (χ2v) is 4.62. The third-order valence-electron chi connectivity index (χ3n) is 1.73. The molecule has 0 spiro atoms. The van der Waals surface area contributed by atoms with Gasteiger partial charge in [0.15, 0.2) is 0 Å². The highest BCUT2D eigenvalue weighted by atomic mass is 16.6. The van der Waals surface area contributed by atoms with E-state index in [1.165, 1.54) is 0 Å². The summed E-state index contributed by atoms with van der Waals surface area (Å²) in [5, 5.41) is 0. The number of carbonyl (C=O) groups excluding carboxylic acids is 1. The molecule has 0 unspecified atom stereocenters. The predicted molar refractivity (Wildman–Crippen MR) is 64.2 cm³/mol. The Bertz CT molecular complexity index is 370. The van der Waals surface area contributed by atoms with Crippen LogP contribution in [0.3, 0.4) is 0 Å². The van der Waals surface area contributed by atoms with Crippen LogP contribution in [-0.4, -0.2) is 11.7 Å². The molecule has 88 valence electrons. The normalized spacial score (nSPS) is 10.8. The lowest BCUT2D eigenvalue weighted by Crippen LogP contribution is -2.35. The largest absolute Gasteiger partial charge is 0.443 e. The van der Waals surface area contributed by atoms with Crippen molar-refractivity contribution in [2.75, 3.05) is 5.43 Å². The lowest BCUT2D eigenvalue weighted by Gasteiger charge is -2.20. The van der Waals surface area contributed by atoms with E-state index in [2.05, 4.69) is 10.9 Å². The molecule has 0 saturated carbocycles. The molecule has 0 fully saturated rings. The molecular weight excluding hydrogens is 204 g/mol. The van der Waals surface area contributed by atoms with Gasteiger partial charge in [-0.2, -0.15) is 0 Å². The molecule has 2 N–H and O–H groups in total. The van der Waals surface area contributed by atoms with Crippen LogP contribution in [0.25, 0.3) is 0 Å². The van der Waals surface area contributed by atoms with Crippen molar-refractivity contribution in [2.24, 2.45) is 0 Å². The average Bonchev–Trinajstić information content (AvgIpc) is 2.12. The standard InChI is InChI=1S/C12H18N2O2/c1-9-6-5-7-10(8-9)13-14-11(15)16-12(2,3)4/h5-8,13H,1-4H3,(H,14,15). The van der Waals surface area contributed by atoms with Crippen LogP contribution in [0.5, 0.6) is 0 Å². The zero-order chi connectivity index (χ0) is 12.2. The molecule has 1 rings (SSSR count). The first-order valence-corrected chi connectivity index (χ1v) is 5.18. The van der Waals surface area contributed by atoms with Gasteiger partial charge in [0.25, 0.3) is 0 Å². The summed E-state index contributed by atoms with van der Waals surface area (Å²) in [7, 11) is 0. The van der Waals surface area contributed by atoms with Crippen molar-refractivity contribution in [3.63, 3.8) is 0 Å². The fourth-order valence-corrected chi connectivity index (χ4v) is 1.15.